The number of carbonyl (C=O) groups excluding carboxylic acids is 1. The number of aromatic nitrogens is 1. The monoisotopic (exact) mass is 310 g/mol. The molecule has 1 saturated carbocycles. The number of anilines is 1. The smallest absolute Gasteiger partial charge is 0.238 e. The molecule has 2 atom stereocenters. The predicted octanol–water partition coefficient (Wildman–Crippen LogP) is 2.12. The van der Waals surface area contributed by atoms with Gasteiger partial charge in [-0.25, -0.2) is 4.98 Å². The summed E-state index contributed by atoms with van der Waals surface area (Å²) in [4.78, 5) is 18.4. The lowest BCUT2D eigenvalue weighted by molar-refractivity contribution is -0.118. The fourth-order valence-electron chi connectivity index (χ4n) is 3.09. The Labute approximate surface area is 130 Å². The van der Waals surface area contributed by atoms with E-state index in [4.69, 9.17) is 17.3 Å². The maximum Gasteiger partial charge on any atom is 0.238 e. The lowest BCUT2D eigenvalue weighted by Crippen LogP contribution is -2.44. The summed E-state index contributed by atoms with van der Waals surface area (Å²) in [6.07, 6.45) is 5.07. The first-order valence-corrected chi connectivity index (χ1v) is 7.88. The van der Waals surface area contributed by atoms with E-state index in [9.17, 15) is 4.79 Å². The topological polar surface area (TPSA) is 71.2 Å². The van der Waals surface area contributed by atoms with Crippen molar-refractivity contribution < 1.29 is 4.79 Å². The van der Waals surface area contributed by atoms with Gasteiger partial charge in [-0.2, -0.15) is 0 Å². The van der Waals surface area contributed by atoms with Crippen molar-refractivity contribution in [1.29, 1.82) is 0 Å². The van der Waals surface area contributed by atoms with Crippen LogP contribution in [0.1, 0.15) is 26.2 Å². The summed E-state index contributed by atoms with van der Waals surface area (Å²) in [5, 5.41) is 3.14. The van der Waals surface area contributed by atoms with E-state index < -0.39 is 0 Å². The molecule has 116 valence electrons. The minimum atomic E-state index is -0.0607. The van der Waals surface area contributed by atoms with Gasteiger partial charge in [0.1, 0.15) is 0 Å². The minimum absolute atomic E-state index is 0.0607. The molecule has 2 rings (SSSR count). The summed E-state index contributed by atoms with van der Waals surface area (Å²) in [7, 11) is 0. The molecule has 21 heavy (non-hydrogen) atoms. The highest BCUT2D eigenvalue weighted by Crippen LogP contribution is 2.29. The summed E-state index contributed by atoms with van der Waals surface area (Å²) in [5.41, 5.74) is 6.40. The molecule has 1 aromatic rings. The quantitative estimate of drug-likeness (QED) is 0.790. The van der Waals surface area contributed by atoms with Crippen molar-refractivity contribution >= 4 is 23.2 Å². The number of nitrogens with two attached hydrogens (primary N) is 1. The highest BCUT2D eigenvalue weighted by molar-refractivity contribution is 6.32. The second kappa shape index (κ2) is 7.73. The Morgan fingerprint density at radius 3 is 3.05 bits per heavy atom. The molecule has 1 fully saturated rings. The van der Waals surface area contributed by atoms with Crippen LogP contribution >= 0.6 is 11.6 Å². The largest absolute Gasteiger partial charge is 0.330 e. The molecule has 6 heteroatoms. The maximum atomic E-state index is 12.2. The van der Waals surface area contributed by atoms with Crippen molar-refractivity contribution in [1.82, 2.24) is 9.88 Å². The van der Waals surface area contributed by atoms with Crippen LogP contribution in [0.15, 0.2) is 18.3 Å². The Bertz CT molecular complexity index is 482. The van der Waals surface area contributed by atoms with Crippen LogP contribution in [0.2, 0.25) is 5.15 Å². The SMILES string of the molecule is CCN(CC(=O)Nc1cccnc1Cl)C1CCCC1CN. The summed E-state index contributed by atoms with van der Waals surface area (Å²) in [6, 6.07) is 3.91. The predicted molar refractivity (Wildman–Crippen MR) is 85.3 cm³/mol. The van der Waals surface area contributed by atoms with Crippen LogP contribution in [0.3, 0.4) is 0 Å². The molecule has 3 N–H and O–H groups in total. The van der Waals surface area contributed by atoms with E-state index in [1.807, 2.05) is 0 Å². The number of carbonyl (C=O) groups is 1. The molecule has 0 saturated heterocycles. The van der Waals surface area contributed by atoms with E-state index in [1.165, 1.54) is 6.42 Å². The van der Waals surface area contributed by atoms with Gasteiger partial charge in [0.2, 0.25) is 5.91 Å². The average molecular weight is 311 g/mol. The fourth-order valence-corrected chi connectivity index (χ4v) is 3.26. The molecule has 1 amide bonds. The molecule has 1 heterocycles. The zero-order valence-corrected chi connectivity index (χ0v) is 13.1. The molecule has 1 aromatic heterocycles. The van der Waals surface area contributed by atoms with Crippen LogP contribution in [0.5, 0.6) is 0 Å². The number of hydrogen-bond donors (Lipinski definition) is 2. The van der Waals surface area contributed by atoms with Crippen molar-refractivity contribution in [2.75, 3.05) is 25.0 Å². The third kappa shape index (κ3) is 4.15. The number of nitrogens with zero attached hydrogens (tertiary/aromatic N) is 2. The third-order valence-electron chi connectivity index (χ3n) is 4.18. The highest BCUT2D eigenvalue weighted by atomic mass is 35.5. The number of amides is 1. The zero-order valence-electron chi connectivity index (χ0n) is 12.4. The fraction of sp³-hybridized carbons (Fsp3) is 0.600. The van der Waals surface area contributed by atoms with Crippen LogP contribution in [-0.2, 0) is 4.79 Å². The van der Waals surface area contributed by atoms with Gasteiger partial charge in [0.05, 0.1) is 12.2 Å². The molecule has 0 aromatic carbocycles. The van der Waals surface area contributed by atoms with Gasteiger partial charge in [-0.1, -0.05) is 24.9 Å². The van der Waals surface area contributed by atoms with Crippen LogP contribution in [0.25, 0.3) is 0 Å². The van der Waals surface area contributed by atoms with Gasteiger partial charge in [-0.3, -0.25) is 9.69 Å². The lowest BCUT2D eigenvalue weighted by atomic mass is 10.0. The number of hydrogen-bond acceptors (Lipinski definition) is 4. The van der Waals surface area contributed by atoms with Crippen molar-refractivity contribution in [3.05, 3.63) is 23.5 Å². The van der Waals surface area contributed by atoms with Gasteiger partial charge >= 0.3 is 0 Å². The molecular weight excluding hydrogens is 288 g/mol. The van der Waals surface area contributed by atoms with E-state index in [-0.39, 0.29) is 5.91 Å². The first kappa shape index (κ1) is 16.2. The summed E-state index contributed by atoms with van der Waals surface area (Å²) in [6.45, 7) is 3.98. The molecule has 2 unspecified atom stereocenters. The summed E-state index contributed by atoms with van der Waals surface area (Å²) in [5.74, 6) is 0.439. The standard InChI is InChI=1S/C15H23ClN4O/c1-2-20(13-7-3-5-11(13)9-17)10-14(21)19-12-6-4-8-18-15(12)16/h4,6,8,11,13H,2-3,5,7,9-10,17H2,1H3,(H,19,21). The Morgan fingerprint density at radius 2 is 2.38 bits per heavy atom. The van der Waals surface area contributed by atoms with Crippen LogP contribution in [0, 0.1) is 5.92 Å². The third-order valence-corrected chi connectivity index (χ3v) is 4.48. The average Bonchev–Trinajstić information content (AvgIpc) is 2.95. The van der Waals surface area contributed by atoms with Crippen LogP contribution in [0.4, 0.5) is 5.69 Å². The van der Waals surface area contributed by atoms with Gasteiger partial charge < -0.3 is 11.1 Å². The molecule has 0 bridgehead atoms. The van der Waals surface area contributed by atoms with E-state index in [2.05, 4.69) is 22.1 Å². The molecule has 1 aliphatic rings. The normalized spacial score (nSPS) is 21.7. The molecule has 1 aliphatic carbocycles. The Morgan fingerprint density at radius 1 is 1.57 bits per heavy atom. The number of pyridine rings is 1. The zero-order chi connectivity index (χ0) is 15.2. The first-order chi connectivity index (χ1) is 10.2. The first-order valence-electron chi connectivity index (χ1n) is 7.50. The Balaban J connectivity index is 1.95. The van der Waals surface area contributed by atoms with Gasteiger partial charge in [-0.05, 0) is 44.0 Å². The maximum absolute atomic E-state index is 12.2. The lowest BCUT2D eigenvalue weighted by Gasteiger charge is -2.31. The van der Waals surface area contributed by atoms with Crippen LogP contribution < -0.4 is 11.1 Å². The number of rotatable bonds is 6. The van der Waals surface area contributed by atoms with E-state index in [0.717, 1.165) is 19.4 Å². The van der Waals surface area contributed by atoms with Gasteiger partial charge in [0.25, 0.3) is 0 Å². The summed E-state index contributed by atoms with van der Waals surface area (Å²) < 4.78 is 0. The van der Waals surface area contributed by atoms with Gasteiger partial charge in [0, 0.05) is 12.2 Å². The number of nitrogens with one attached hydrogen (secondary N) is 1. The van der Waals surface area contributed by atoms with E-state index in [0.29, 0.717) is 35.9 Å². The summed E-state index contributed by atoms with van der Waals surface area (Å²) >= 11 is 5.96. The van der Waals surface area contributed by atoms with E-state index >= 15 is 0 Å². The molecule has 0 aliphatic heterocycles. The van der Waals surface area contributed by atoms with E-state index in [1.54, 1.807) is 18.3 Å². The Hall–Kier alpha value is -1.17. The number of likely N-dealkylation sites (N-methyl/N-ethyl adjacent to an activating group) is 1. The van der Waals surface area contributed by atoms with Crippen molar-refractivity contribution in [3.63, 3.8) is 0 Å². The highest BCUT2D eigenvalue weighted by Gasteiger charge is 2.31. The van der Waals surface area contributed by atoms with Crippen molar-refractivity contribution in [3.8, 4) is 0 Å². The minimum Gasteiger partial charge on any atom is -0.330 e. The second-order valence-corrected chi connectivity index (χ2v) is 5.81. The Kier molecular flexibility index (Phi) is 5.96. The van der Waals surface area contributed by atoms with Gasteiger partial charge in [0.15, 0.2) is 5.15 Å². The molecular formula is C15H23ClN4O. The molecule has 5 nitrogen and oxygen atoms in total. The second-order valence-electron chi connectivity index (χ2n) is 5.45. The number of halogens is 1. The van der Waals surface area contributed by atoms with Crippen LogP contribution in [-0.4, -0.2) is 41.5 Å². The van der Waals surface area contributed by atoms with Crippen molar-refractivity contribution in [2.45, 2.75) is 32.2 Å². The molecule has 0 spiro atoms. The van der Waals surface area contributed by atoms with Gasteiger partial charge in [-0.15, -0.1) is 0 Å². The van der Waals surface area contributed by atoms with Crippen molar-refractivity contribution in [2.24, 2.45) is 11.7 Å². The molecule has 0 radical (unpaired) electrons.